The quantitative estimate of drug-likeness (QED) is 0.852. The van der Waals surface area contributed by atoms with Crippen LogP contribution in [0.3, 0.4) is 0 Å². The number of benzene rings is 1. The van der Waals surface area contributed by atoms with Gasteiger partial charge in [-0.15, -0.1) is 11.3 Å². The van der Waals surface area contributed by atoms with E-state index in [4.69, 9.17) is 11.6 Å². The molecule has 1 aromatic carbocycles. The van der Waals surface area contributed by atoms with E-state index in [-0.39, 0.29) is 29.2 Å². The van der Waals surface area contributed by atoms with E-state index < -0.39 is 5.82 Å². The first-order chi connectivity index (χ1) is 8.16. The van der Waals surface area contributed by atoms with E-state index >= 15 is 0 Å². The van der Waals surface area contributed by atoms with E-state index in [9.17, 15) is 9.18 Å². The zero-order valence-corrected chi connectivity index (χ0v) is 10.4. The molecule has 5 heteroatoms. The predicted molar refractivity (Wildman–Crippen MR) is 65.9 cm³/mol. The van der Waals surface area contributed by atoms with Crippen molar-refractivity contribution in [2.24, 2.45) is 0 Å². The second-order valence-corrected chi connectivity index (χ2v) is 4.90. The molecule has 0 aliphatic carbocycles. The summed E-state index contributed by atoms with van der Waals surface area (Å²) in [7, 11) is 0. The molecule has 2 nitrogen and oxygen atoms in total. The number of hydrogen-bond donors (Lipinski definition) is 0. The molecule has 0 bridgehead atoms. The Labute approximate surface area is 107 Å². The Morgan fingerprint density at radius 2 is 2.24 bits per heavy atom. The third kappa shape index (κ3) is 3.11. The summed E-state index contributed by atoms with van der Waals surface area (Å²) >= 11 is 7.26. The van der Waals surface area contributed by atoms with Crippen molar-refractivity contribution in [3.8, 4) is 0 Å². The van der Waals surface area contributed by atoms with Crippen LogP contribution in [0.4, 0.5) is 4.39 Å². The minimum absolute atomic E-state index is 0.00505. The van der Waals surface area contributed by atoms with Crippen molar-refractivity contribution in [3.63, 3.8) is 0 Å². The summed E-state index contributed by atoms with van der Waals surface area (Å²) in [5, 5.41) is 2.83. The molecule has 0 atom stereocenters. The van der Waals surface area contributed by atoms with E-state index in [1.54, 1.807) is 17.6 Å². The van der Waals surface area contributed by atoms with Crippen LogP contribution in [0.5, 0.6) is 0 Å². The summed E-state index contributed by atoms with van der Waals surface area (Å²) in [5.41, 5.74) is 0.260. The second-order valence-electron chi connectivity index (χ2n) is 3.52. The number of halogens is 2. The number of carbonyl (C=O) groups is 1. The van der Waals surface area contributed by atoms with Gasteiger partial charge in [0.05, 0.1) is 11.4 Å². The number of thiazole rings is 1. The standard InChI is InChI=1S/C12H9ClFNOS/c13-10-2-1-3-11(14)9(10)6-8(16)7-12-15-4-5-17-12/h1-5H,6-7H2. The van der Waals surface area contributed by atoms with Gasteiger partial charge in [-0.2, -0.15) is 0 Å². The largest absolute Gasteiger partial charge is 0.299 e. The maximum Gasteiger partial charge on any atom is 0.144 e. The first-order valence-electron chi connectivity index (χ1n) is 5.00. The van der Waals surface area contributed by atoms with E-state index in [0.717, 1.165) is 5.01 Å². The molecule has 0 aliphatic rings. The van der Waals surface area contributed by atoms with Crippen molar-refractivity contribution in [1.82, 2.24) is 4.98 Å². The molecule has 0 saturated heterocycles. The van der Waals surface area contributed by atoms with Crippen LogP contribution in [0.25, 0.3) is 0 Å². The van der Waals surface area contributed by atoms with Crippen molar-refractivity contribution in [3.05, 3.63) is 51.2 Å². The first kappa shape index (κ1) is 12.2. The van der Waals surface area contributed by atoms with Crippen LogP contribution in [0, 0.1) is 5.82 Å². The lowest BCUT2D eigenvalue weighted by Crippen LogP contribution is -2.08. The molecule has 0 radical (unpaired) electrons. The Morgan fingerprint density at radius 3 is 2.88 bits per heavy atom. The fourth-order valence-corrected chi connectivity index (χ4v) is 2.34. The van der Waals surface area contributed by atoms with Gasteiger partial charge in [-0.05, 0) is 12.1 Å². The van der Waals surface area contributed by atoms with Crippen LogP contribution < -0.4 is 0 Å². The Bertz CT molecular complexity index is 507. The molecular formula is C12H9ClFNOS. The van der Waals surface area contributed by atoms with Gasteiger partial charge in [0, 0.05) is 28.6 Å². The molecule has 1 heterocycles. The highest BCUT2D eigenvalue weighted by atomic mass is 35.5. The number of nitrogens with zero attached hydrogens (tertiary/aromatic N) is 1. The highest BCUT2D eigenvalue weighted by molar-refractivity contribution is 7.09. The summed E-state index contributed by atoms with van der Waals surface area (Å²) in [6.07, 6.45) is 1.87. The average molecular weight is 270 g/mol. The monoisotopic (exact) mass is 269 g/mol. The van der Waals surface area contributed by atoms with Crippen molar-refractivity contribution in [2.75, 3.05) is 0 Å². The molecule has 0 spiro atoms. The molecule has 0 saturated carbocycles. The number of aromatic nitrogens is 1. The molecule has 0 amide bonds. The third-order valence-corrected chi connectivity index (χ3v) is 3.40. The maximum absolute atomic E-state index is 13.4. The van der Waals surface area contributed by atoms with Crippen LogP contribution in [0.2, 0.25) is 5.02 Å². The molecule has 2 rings (SSSR count). The predicted octanol–water partition coefficient (Wildman–Crippen LogP) is 3.29. The van der Waals surface area contributed by atoms with Crippen LogP contribution in [0.15, 0.2) is 29.8 Å². The lowest BCUT2D eigenvalue weighted by molar-refractivity contribution is -0.117. The summed E-state index contributed by atoms with van der Waals surface area (Å²) in [6, 6.07) is 4.40. The van der Waals surface area contributed by atoms with Gasteiger partial charge in [-0.3, -0.25) is 4.79 Å². The number of carbonyl (C=O) groups excluding carboxylic acids is 1. The van der Waals surface area contributed by atoms with Crippen molar-refractivity contribution >= 4 is 28.7 Å². The Balaban J connectivity index is 2.08. The topological polar surface area (TPSA) is 30.0 Å². The summed E-state index contributed by atoms with van der Waals surface area (Å²) in [6.45, 7) is 0. The van der Waals surface area contributed by atoms with Gasteiger partial charge >= 0.3 is 0 Å². The van der Waals surface area contributed by atoms with E-state index in [1.807, 2.05) is 0 Å². The molecule has 0 fully saturated rings. The minimum atomic E-state index is -0.440. The Kier molecular flexibility index (Phi) is 3.86. The van der Waals surface area contributed by atoms with Gasteiger partial charge in [0.15, 0.2) is 0 Å². The van der Waals surface area contributed by atoms with Gasteiger partial charge in [0.1, 0.15) is 11.6 Å². The van der Waals surface area contributed by atoms with Gasteiger partial charge < -0.3 is 0 Å². The molecule has 0 N–H and O–H groups in total. The Hall–Kier alpha value is -1.26. The average Bonchev–Trinajstić information content (AvgIpc) is 2.76. The van der Waals surface area contributed by atoms with Crippen LogP contribution in [-0.2, 0) is 17.6 Å². The SMILES string of the molecule is O=C(Cc1nccs1)Cc1c(F)cccc1Cl. The normalized spacial score (nSPS) is 10.5. The number of Topliss-reactive ketones (excluding diaryl/α,β-unsaturated/α-hetero) is 1. The highest BCUT2D eigenvalue weighted by Gasteiger charge is 2.13. The van der Waals surface area contributed by atoms with Crippen molar-refractivity contribution < 1.29 is 9.18 Å². The molecular weight excluding hydrogens is 261 g/mol. The van der Waals surface area contributed by atoms with Crippen LogP contribution >= 0.6 is 22.9 Å². The molecule has 17 heavy (non-hydrogen) atoms. The van der Waals surface area contributed by atoms with Gasteiger partial charge in [-0.1, -0.05) is 17.7 Å². The molecule has 0 aliphatic heterocycles. The fourth-order valence-electron chi connectivity index (χ4n) is 1.47. The van der Waals surface area contributed by atoms with Crippen LogP contribution in [-0.4, -0.2) is 10.8 Å². The van der Waals surface area contributed by atoms with E-state index in [1.165, 1.54) is 23.5 Å². The molecule has 2 aromatic rings. The lowest BCUT2D eigenvalue weighted by Gasteiger charge is -2.04. The van der Waals surface area contributed by atoms with Gasteiger partial charge in [0.2, 0.25) is 0 Å². The number of ketones is 1. The molecule has 88 valence electrons. The smallest absolute Gasteiger partial charge is 0.144 e. The van der Waals surface area contributed by atoms with Gasteiger partial charge in [0.25, 0.3) is 0 Å². The number of hydrogen-bond acceptors (Lipinski definition) is 3. The Morgan fingerprint density at radius 1 is 1.41 bits per heavy atom. The third-order valence-electron chi connectivity index (χ3n) is 2.27. The first-order valence-corrected chi connectivity index (χ1v) is 6.25. The second kappa shape index (κ2) is 5.38. The minimum Gasteiger partial charge on any atom is -0.299 e. The van der Waals surface area contributed by atoms with Crippen LogP contribution in [0.1, 0.15) is 10.6 Å². The molecule has 1 aromatic heterocycles. The summed E-state index contributed by atoms with van der Waals surface area (Å²) in [5.74, 6) is -0.531. The van der Waals surface area contributed by atoms with E-state index in [0.29, 0.717) is 0 Å². The zero-order chi connectivity index (χ0) is 12.3. The van der Waals surface area contributed by atoms with Gasteiger partial charge in [-0.25, -0.2) is 9.37 Å². The van der Waals surface area contributed by atoms with E-state index in [2.05, 4.69) is 4.98 Å². The maximum atomic E-state index is 13.4. The zero-order valence-electron chi connectivity index (χ0n) is 8.82. The summed E-state index contributed by atoms with van der Waals surface area (Å²) in [4.78, 5) is 15.7. The van der Waals surface area contributed by atoms with Crippen molar-refractivity contribution in [1.29, 1.82) is 0 Å². The molecule has 0 unspecified atom stereocenters. The highest BCUT2D eigenvalue weighted by Crippen LogP contribution is 2.20. The number of rotatable bonds is 4. The lowest BCUT2D eigenvalue weighted by atomic mass is 10.1. The summed E-state index contributed by atoms with van der Waals surface area (Å²) < 4.78 is 13.4. The van der Waals surface area contributed by atoms with Crippen molar-refractivity contribution in [2.45, 2.75) is 12.8 Å². The fraction of sp³-hybridized carbons (Fsp3) is 0.167.